The first kappa shape index (κ1) is 49.2. The van der Waals surface area contributed by atoms with E-state index in [0.717, 1.165) is 46.7 Å². The lowest BCUT2D eigenvalue weighted by atomic mass is 9.55. The maximum absolute atomic E-state index is 15.5. The van der Waals surface area contributed by atoms with Crippen molar-refractivity contribution >= 4 is 34.2 Å². The number of aliphatic hydroxyl groups excluding tert-OH is 2. The quantitative estimate of drug-likeness (QED) is 0.0384. The van der Waals surface area contributed by atoms with Crippen LogP contribution in [0.3, 0.4) is 0 Å². The lowest BCUT2D eigenvalue weighted by Crippen LogP contribution is -2.70. The summed E-state index contributed by atoms with van der Waals surface area (Å²) < 4.78 is 31.5. The Morgan fingerprint density at radius 1 is 0.914 bits per heavy atom. The molecular weight excluding hydrogens is 889 g/mol. The lowest BCUT2D eigenvalue weighted by molar-refractivity contribution is -0.255. The monoisotopic (exact) mass is 948 g/mol. The summed E-state index contributed by atoms with van der Waals surface area (Å²) >= 11 is 0. The van der Waals surface area contributed by atoms with E-state index in [-0.39, 0.29) is 62.2 Å². The molecule has 1 fully saturated rings. The van der Waals surface area contributed by atoms with E-state index >= 15 is 4.79 Å². The van der Waals surface area contributed by atoms with Gasteiger partial charge >= 0.3 is 6.09 Å². The van der Waals surface area contributed by atoms with Crippen molar-refractivity contribution in [3.05, 3.63) is 150 Å². The number of benzene rings is 5. The van der Waals surface area contributed by atoms with Crippen molar-refractivity contribution in [3.63, 3.8) is 0 Å². The number of hydrogen-bond acceptors (Lipinski definition) is 12. The molecule has 14 heteroatoms. The highest BCUT2D eigenvalue weighted by Crippen LogP contribution is 2.62. The molecule has 0 radical (unpaired) electrons. The number of amides is 2. The fourth-order valence-corrected chi connectivity index (χ4v) is 10.8. The fourth-order valence-electron chi connectivity index (χ4n) is 10.8. The van der Waals surface area contributed by atoms with Gasteiger partial charge in [-0.3, -0.25) is 10.1 Å². The zero-order chi connectivity index (χ0) is 49.2. The molecule has 2 amide bonds. The summed E-state index contributed by atoms with van der Waals surface area (Å²) in [6.07, 6.45) is 7.52. The second kappa shape index (κ2) is 22.5. The van der Waals surface area contributed by atoms with Crippen LogP contribution >= 0.6 is 0 Å². The highest BCUT2D eigenvalue weighted by Gasteiger charge is 2.65. The van der Waals surface area contributed by atoms with Crippen molar-refractivity contribution < 1.29 is 48.3 Å². The number of nitrogens with one attached hydrogen (secondary N) is 1. The van der Waals surface area contributed by atoms with Gasteiger partial charge in [-0.25, -0.2) is 4.79 Å². The molecule has 0 unspecified atom stereocenters. The molecule has 0 bridgehead atoms. The summed E-state index contributed by atoms with van der Waals surface area (Å²) in [5.74, 6) is -1.26. The molecule has 3 N–H and O–H groups in total. The first-order valence-corrected chi connectivity index (χ1v) is 23.8. The number of ether oxygens (including phenoxy) is 5. The van der Waals surface area contributed by atoms with E-state index in [9.17, 15) is 20.3 Å². The minimum Gasteiger partial charge on any atom is -0.497 e. The van der Waals surface area contributed by atoms with Gasteiger partial charge in [0, 0.05) is 49.3 Å². The predicted molar refractivity (Wildman–Crippen MR) is 266 cm³/mol. The molecule has 0 aromatic heterocycles. The maximum Gasteiger partial charge on any atom is 0.417 e. The van der Waals surface area contributed by atoms with Gasteiger partial charge in [0.1, 0.15) is 36.1 Å². The Hall–Kier alpha value is -7.18. The van der Waals surface area contributed by atoms with Gasteiger partial charge in [0.15, 0.2) is 0 Å². The van der Waals surface area contributed by atoms with Crippen molar-refractivity contribution in [3.8, 4) is 29.1 Å². The third kappa shape index (κ3) is 10.1. The summed E-state index contributed by atoms with van der Waals surface area (Å²) in [6, 6.07) is 32.4. The number of methoxy groups -OCH3 is 2. The van der Waals surface area contributed by atoms with Gasteiger partial charge in [0.2, 0.25) is 5.79 Å². The van der Waals surface area contributed by atoms with E-state index in [4.69, 9.17) is 33.7 Å². The molecule has 14 nitrogen and oxygen atoms in total. The van der Waals surface area contributed by atoms with Crippen molar-refractivity contribution in [1.29, 1.82) is 5.26 Å². The van der Waals surface area contributed by atoms with Crippen molar-refractivity contribution in [2.24, 2.45) is 22.9 Å². The van der Waals surface area contributed by atoms with Gasteiger partial charge in [-0.1, -0.05) is 72.6 Å². The van der Waals surface area contributed by atoms with Crippen LogP contribution in [0.5, 0.6) is 23.0 Å². The zero-order valence-electron chi connectivity index (χ0n) is 39.8. The molecule has 3 aliphatic rings. The second-order valence-electron chi connectivity index (χ2n) is 17.8. The number of aliphatic hydroxyl groups is 2. The zero-order valence-corrected chi connectivity index (χ0v) is 39.8. The standard InChI is InChI=1S/C56H60N4O10/c1-5-29-68-56-51(60(54(63)38-21-19-36(34-57)20-22-38)35-40-16-12-15-37-13-6-7-17-43(37)40)33-48(59-67-4)45-30-39(14-8-10-27-61)44(18-9-11-28-62)52(53(45)56)46-31-42(24-26-49(46)70-56)69-55(64)58-47-25-23-41(65-2)32-50(47)66-3/h5-7,12-13,15-17,19-26,30-32,39,44,51-53,61-62H,1,8-11,14,18,27-29,33,35H2,2-4H3,(H,58,64)/t39-,44+,51-,52+,53+,56+/m0/s1. The fraction of sp³-hybridized carbons (Fsp3) is 0.357. The Morgan fingerprint density at radius 2 is 1.67 bits per heavy atom. The van der Waals surface area contributed by atoms with Crippen molar-refractivity contribution in [2.45, 2.75) is 69.2 Å². The van der Waals surface area contributed by atoms with Crippen LogP contribution in [-0.4, -0.2) is 85.8 Å². The summed E-state index contributed by atoms with van der Waals surface area (Å²) in [5, 5.41) is 39.3. The Labute approximate surface area is 408 Å². The molecule has 1 heterocycles. The number of carbonyl (C=O) groups excluding carboxylic acids is 2. The van der Waals surface area contributed by atoms with E-state index in [1.54, 1.807) is 67.8 Å². The van der Waals surface area contributed by atoms with Gasteiger partial charge in [-0.2, -0.15) is 5.26 Å². The molecule has 364 valence electrons. The van der Waals surface area contributed by atoms with Crippen LogP contribution in [0.2, 0.25) is 0 Å². The molecular formula is C56H60N4O10. The normalized spacial score (nSPS) is 21.5. The number of anilines is 1. The van der Waals surface area contributed by atoms with Gasteiger partial charge in [0.25, 0.3) is 5.91 Å². The van der Waals surface area contributed by atoms with Gasteiger partial charge in [-0.15, -0.1) is 6.58 Å². The molecule has 0 spiro atoms. The topological polar surface area (TPSA) is 181 Å². The minimum atomic E-state index is -1.56. The number of fused-ring (bicyclic) bond motifs is 3. The van der Waals surface area contributed by atoms with Crippen LogP contribution in [0.1, 0.15) is 77.9 Å². The summed E-state index contributed by atoms with van der Waals surface area (Å²) in [7, 11) is 4.55. The molecule has 8 rings (SSSR count). The number of nitrogens with zero attached hydrogens (tertiary/aromatic N) is 3. The smallest absolute Gasteiger partial charge is 0.417 e. The van der Waals surface area contributed by atoms with Gasteiger partial charge in [-0.05, 0) is 114 Å². The van der Waals surface area contributed by atoms with Crippen LogP contribution in [0, 0.1) is 29.1 Å². The molecule has 5 aromatic carbocycles. The Kier molecular flexibility index (Phi) is 15.8. The van der Waals surface area contributed by atoms with E-state index in [1.165, 1.54) is 14.2 Å². The van der Waals surface area contributed by atoms with Crippen LogP contribution < -0.4 is 24.3 Å². The average Bonchev–Trinajstić information content (AvgIpc) is 3.38. The molecule has 6 atom stereocenters. The molecule has 0 saturated heterocycles. The molecule has 1 saturated carbocycles. The molecule has 70 heavy (non-hydrogen) atoms. The first-order valence-electron chi connectivity index (χ1n) is 23.8. The van der Waals surface area contributed by atoms with Crippen molar-refractivity contribution in [2.75, 3.05) is 46.5 Å². The highest BCUT2D eigenvalue weighted by atomic mass is 16.7. The Morgan fingerprint density at radius 3 is 2.40 bits per heavy atom. The first-order chi connectivity index (χ1) is 34.2. The minimum absolute atomic E-state index is 0.0226. The van der Waals surface area contributed by atoms with Crippen LogP contribution in [0.25, 0.3) is 10.8 Å². The molecule has 1 aliphatic heterocycles. The SMILES string of the molecule is C=CCO[C@@]12Oc3ccc(OC(=O)Nc4ccc(OC)cc4OC)cc3[C@H]3[C@H](CCCCO)[C@@H](CCCCO)C=C(C(=NOC)C[C@@H]1N(Cc1cccc4ccccc14)C(=O)c1ccc(C#N)cc1)[C@H]32. The number of carbonyl (C=O) groups is 2. The van der Waals surface area contributed by atoms with Crippen LogP contribution in [0.15, 0.2) is 133 Å². The number of allylic oxidation sites excluding steroid dienone is 1. The average molecular weight is 949 g/mol. The number of hydrogen-bond donors (Lipinski definition) is 3. The molecule has 5 aromatic rings. The van der Waals surface area contributed by atoms with E-state index in [1.807, 2.05) is 53.4 Å². The maximum atomic E-state index is 15.5. The number of nitriles is 1. The van der Waals surface area contributed by atoms with Gasteiger partial charge in [0.05, 0.1) is 49.8 Å². The highest BCUT2D eigenvalue weighted by molar-refractivity contribution is 6.03. The number of oxime groups is 1. The lowest BCUT2D eigenvalue weighted by Gasteiger charge is -2.60. The van der Waals surface area contributed by atoms with Crippen LogP contribution in [-0.2, 0) is 16.1 Å². The second-order valence-corrected chi connectivity index (χ2v) is 17.8. The third-order valence-electron chi connectivity index (χ3n) is 13.8. The van der Waals surface area contributed by atoms with E-state index in [2.05, 4.69) is 24.0 Å². The summed E-state index contributed by atoms with van der Waals surface area (Å²) in [4.78, 5) is 36.7. The Balaban J connectivity index is 1.32. The molecule has 2 aliphatic carbocycles. The van der Waals surface area contributed by atoms with E-state index < -0.39 is 23.8 Å². The van der Waals surface area contributed by atoms with Crippen molar-refractivity contribution in [1.82, 2.24) is 4.90 Å². The number of unbranched alkanes of at least 4 members (excludes halogenated alkanes) is 2. The largest absolute Gasteiger partial charge is 0.497 e. The predicted octanol–water partition coefficient (Wildman–Crippen LogP) is 9.95. The Bertz CT molecular complexity index is 2780. The summed E-state index contributed by atoms with van der Waals surface area (Å²) in [5.41, 5.74) is 4.35. The van der Waals surface area contributed by atoms with Gasteiger partial charge < -0.3 is 43.6 Å². The van der Waals surface area contributed by atoms with Crippen LogP contribution in [0.4, 0.5) is 10.5 Å². The third-order valence-corrected chi connectivity index (χ3v) is 13.8. The van der Waals surface area contributed by atoms with E-state index in [0.29, 0.717) is 59.0 Å². The summed E-state index contributed by atoms with van der Waals surface area (Å²) in [6.45, 7) is 4.37. The number of rotatable bonds is 20.